The molecule has 1 amide bonds. The van der Waals surface area contributed by atoms with Gasteiger partial charge in [0.1, 0.15) is 0 Å². The Labute approximate surface area is 96.6 Å². The van der Waals surface area contributed by atoms with E-state index in [0.29, 0.717) is 6.42 Å². The van der Waals surface area contributed by atoms with Gasteiger partial charge < -0.3 is 9.64 Å². The lowest BCUT2D eigenvalue weighted by Crippen LogP contribution is -2.45. The normalized spacial score (nSPS) is 29.3. The molecule has 0 aromatic carbocycles. The lowest BCUT2D eigenvalue weighted by molar-refractivity contribution is -0.131. The van der Waals surface area contributed by atoms with E-state index in [0.717, 1.165) is 19.7 Å². The third-order valence-corrected chi connectivity index (χ3v) is 3.93. The SMILES string of the molecule is COCC1(CN2CC(S)CC2=O)CCC1. The van der Waals surface area contributed by atoms with Gasteiger partial charge in [-0.1, -0.05) is 6.42 Å². The third kappa shape index (κ3) is 2.31. The van der Waals surface area contributed by atoms with Crippen molar-refractivity contribution in [3.8, 4) is 0 Å². The van der Waals surface area contributed by atoms with Gasteiger partial charge in [0.05, 0.1) is 6.61 Å². The molecular weight excluding hydrogens is 210 g/mol. The van der Waals surface area contributed by atoms with Crippen molar-refractivity contribution >= 4 is 18.5 Å². The summed E-state index contributed by atoms with van der Waals surface area (Å²) in [6.45, 7) is 2.47. The minimum absolute atomic E-state index is 0.233. The van der Waals surface area contributed by atoms with Crippen LogP contribution in [-0.2, 0) is 9.53 Å². The van der Waals surface area contributed by atoms with Gasteiger partial charge in [0, 0.05) is 37.3 Å². The Hall–Kier alpha value is -0.220. The van der Waals surface area contributed by atoms with Crippen LogP contribution in [0.4, 0.5) is 0 Å². The average Bonchev–Trinajstić information content (AvgIpc) is 2.42. The predicted molar refractivity (Wildman–Crippen MR) is 62.1 cm³/mol. The highest BCUT2D eigenvalue weighted by Crippen LogP contribution is 2.42. The summed E-state index contributed by atoms with van der Waals surface area (Å²) in [4.78, 5) is 13.6. The van der Waals surface area contributed by atoms with Crippen LogP contribution < -0.4 is 0 Å². The molecule has 1 saturated carbocycles. The van der Waals surface area contributed by atoms with Crippen LogP contribution in [0.1, 0.15) is 25.7 Å². The molecule has 1 atom stereocenters. The molecule has 0 spiro atoms. The van der Waals surface area contributed by atoms with E-state index in [1.54, 1.807) is 7.11 Å². The number of hydrogen-bond donors (Lipinski definition) is 1. The number of methoxy groups -OCH3 is 1. The van der Waals surface area contributed by atoms with E-state index in [1.165, 1.54) is 19.3 Å². The zero-order valence-electron chi connectivity index (χ0n) is 9.24. The minimum Gasteiger partial charge on any atom is -0.384 e. The molecule has 86 valence electrons. The highest BCUT2D eigenvalue weighted by Gasteiger charge is 2.41. The standard InChI is InChI=1S/C11H19NO2S/c1-14-8-11(3-2-4-11)7-12-6-9(15)5-10(12)13/h9,15H,2-8H2,1H3. The summed E-state index contributed by atoms with van der Waals surface area (Å²) in [6.07, 6.45) is 4.27. The van der Waals surface area contributed by atoms with Crippen LogP contribution in [0.5, 0.6) is 0 Å². The lowest BCUT2D eigenvalue weighted by atomic mass is 9.69. The van der Waals surface area contributed by atoms with Gasteiger partial charge in [0.15, 0.2) is 0 Å². The number of amides is 1. The van der Waals surface area contributed by atoms with Crippen LogP contribution in [0.3, 0.4) is 0 Å². The fourth-order valence-corrected chi connectivity index (χ4v) is 2.99. The van der Waals surface area contributed by atoms with Gasteiger partial charge in [-0.15, -0.1) is 0 Å². The van der Waals surface area contributed by atoms with Gasteiger partial charge in [-0.3, -0.25) is 4.79 Å². The number of likely N-dealkylation sites (tertiary alicyclic amines) is 1. The van der Waals surface area contributed by atoms with Gasteiger partial charge in [0.2, 0.25) is 5.91 Å². The molecule has 0 radical (unpaired) electrons. The van der Waals surface area contributed by atoms with Gasteiger partial charge in [-0.05, 0) is 12.8 Å². The van der Waals surface area contributed by atoms with E-state index in [4.69, 9.17) is 4.74 Å². The quantitative estimate of drug-likeness (QED) is 0.737. The van der Waals surface area contributed by atoms with Crippen LogP contribution in [0, 0.1) is 5.41 Å². The summed E-state index contributed by atoms with van der Waals surface area (Å²) in [5.74, 6) is 0.261. The van der Waals surface area contributed by atoms with E-state index in [1.807, 2.05) is 4.90 Å². The van der Waals surface area contributed by atoms with Gasteiger partial charge in [-0.2, -0.15) is 12.6 Å². The molecule has 0 bridgehead atoms. The molecule has 1 aliphatic heterocycles. The molecule has 0 aromatic rings. The molecule has 0 aromatic heterocycles. The first-order valence-corrected chi connectivity index (χ1v) is 6.12. The molecule has 1 unspecified atom stereocenters. The van der Waals surface area contributed by atoms with E-state index >= 15 is 0 Å². The van der Waals surface area contributed by atoms with Crippen LogP contribution in [0.25, 0.3) is 0 Å². The number of ether oxygens (including phenoxy) is 1. The first-order valence-electron chi connectivity index (χ1n) is 5.60. The molecule has 4 heteroatoms. The minimum atomic E-state index is 0.233. The maximum atomic E-state index is 11.6. The summed E-state index contributed by atoms with van der Waals surface area (Å²) >= 11 is 4.37. The van der Waals surface area contributed by atoms with Crippen LogP contribution in [0.2, 0.25) is 0 Å². The van der Waals surface area contributed by atoms with Crippen molar-refractivity contribution in [1.29, 1.82) is 0 Å². The number of carbonyl (C=O) groups excluding carboxylic acids is 1. The van der Waals surface area contributed by atoms with Crippen molar-refractivity contribution in [3.63, 3.8) is 0 Å². The maximum Gasteiger partial charge on any atom is 0.223 e. The highest BCUT2D eigenvalue weighted by atomic mass is 32.1. The summed E-state index contributed by atoms with van der Waals surface area (Å²) in [5.41, 5.74) is 0.252. The Balaban J connectivity index is 1.92. The lowest BCUT2D eigenvalue weighted by Gasteiger charge is -2.43. The van der Waals surface area contributed by atoms with Crippen LogP contribution in [0.15, 0.2) is 0 Å². The molecule has 2 fully saturated rings. The molecule has 1 saturated heterocycles. The summed E-state index contributed by atoms with van der Waals surface area (Å²) < 4.78 is 5.26. The number of nitrogens with zero attached hydrogens (tertiary/aromatic N) is 1. The Bertz CT molecular complexity index is 253. The second kappa shape index (κ2) is 4.34. The van der Waals surface area contributed by atoms with E-state index in [2.05, 4.69) is 12.6 Å². The molecule has 1 aliphatic carbocycles. The molecule has 15 heavy (non-hydrogen) atoms. The topological polar surface area (TPSA) is 29.5 Å². The molecule has 1 heterocycles. The summed E-state index contributed by atoms with van der Waals surface area (Å²) in [5, 5.41) is 0.233. The summed E-state index contributed by atoms with van der Waals surface area (Å²) in [7, 11) is 1.74. The fourth-order valence-electron chi connectivity index (χ4n) is 2.64. The number of carbonyl (C=O) groups is 1. The van der Waals surface area contributed by atoms with Crippen molar-refractivity contribution < 1.29 is 9.53 Å². The zero-order valence-corrected chi connectivity index (χ0v) is 10.1. The fraction of sp³-hybridized carbons (Fsp3) is 0.909. The van der Waals surface area contributed by atoms with E-state index in [9.17, 15) is 4.79 Å². The largest absolute Gasteiger partial charge is 0.384 e. The Kier molecular flexibility index (Phi) is 3.26. The smallest absolute Gasteiger partial charge is 0.223 e. The van der Waals surface area contributed by atoms with E-state index in [-0.39, 0.29) is 16.6 Å². The monoisotopic (exact) mass is 229 g/mol. The molecule has 2 aliphatic rings. The molecule has 3 nitrogen and oxygen atoms in total. The second-order valence-electron chi connectivity index (χ2n) is 4.92. The molecule has 2 rings (SSSR count). The number of thiol groups is 1. The number of rotatable bonds is 4. The van der Waals surface area contributed by atoms with Crippen LogP contribution >= 0.6 is 12.6 Å². The van der Waals surface area contributed by atoms with Crippen molar-refractivity contribution in [1.82, 2.24) is 4.90 Å². The Morgan fingerprint density at radius 2 is 2.33 bits per heavy atom. The third-order valence-electron chi connectivity index (χ3n) is 3.59. The second-order valence-corrected chi connectivity index (χ2v) is 5.65. The van der Waals surface area contributed by atoms with Crippen molar-refractivity contribution in [2.45, 2.75) is 30.9 Å². The van der Waals surface area contributed by atoms with Crippen LogP contribution in [-0.4, -0.2) is 42.9 Å². The summed E-state index contributed by atoms with van der Waals surface area (Å²) in [6, 6.07) is 0. The van der Waals surface area contributed by atoms with Gasteiger partial charge in [-0.25, -0.2) is 0 Å². The van der Waals surface area contributed by atoms with Crippen molar-refractivity contribution in [2.75, 3.05) is 26.8 Å². The Morgan fingerprint density at radius 3 is 2.73 bits per heavy atom. The predicted octanol–water partition coefficient (Wildman–Crippen LogP) is 1.33. The Morgan fingerprint density at radius 1 is 1.60 bits per heavy atom. The molecular formula is C11H19NO2S. The first-order chi connectivity index (χ1) is 7.15. The highest BCUT2D eigenvalue weighted by molar-refractivity contribution is 7.81. The zero-order chi connectivity index (χ0) is 10.9. The van der Waals surface area contributed by atoms with Crippen molar-refractivity contribution in [2.24, 2.45) is 5.41 Å². The average molecular weight is 229 g/mol. The van der Waals surface area contributed by atoms with E-state index < -0.39 is 0 Å². The number of hydrogen-bond acceptors (Lipinski definition) is 3. The molecule has 0 N–H and O–H groups in total. The maximum absolute atomic E-state index is 11.6. The van der Waals surface area contributed by atoms with Gasteiger partial charge >= 0.3 is 0 Å². The van der Waals surface area contributed by atoms with Crippen molar-refractivity contribution in [3.05, 3.63) is 0 Å². The van der Waals surface area contributed by atoms with Gasteiger partial charge in [0.25, 0.3) is 0 Å². The first kappa shape index (κ1) is 11.3.